The van der Waals surface area contributed by atoms with Gasteiger partial charge in [-0.05, 0) is 31.5 Å². The molecule has 0 bridgehead atoms. The van der Waals surface area contributed by atoms with Crippen LogP contribution in [0.1, 0.15) is 41.6 Å². The maximum absolute atomic E-state index is 11.6. The van der Waals surface area contributed by atoms with E-state index in [2.05, 4.69) is 0 Å². The van der Waals surface area contributed by atoms with Gasteiger partial charge in [0.1, 0.15) is 5.76 Å². The van der Waals surface area contributed by atoms with E-state index >= 15 is 0 Å². The fourth-order valence-electron chi connectivity index (χ4n) is 2.43. The minimum absolute atomic E-state index is 0.00862. The number of ether oxygens (including phenoxy) is 1. The summed E-state index contributed by atoms with van der Waals surface area (Å²) < 4.78 is 10.3. The Labute approximate surface area is 139 Å². The normalized spacial score (nSPS) is 13.3. The van der Waals surface area contributed by atoms with Crippen LogP contribution in [-0.4, -0.2) is 28.7 Å². The average Bonchev–Trinajstić information content (AvgIpc) is 3.01. The second-order valence-corrected chi connectivity index (χ2v) is 5.39. The molecule has 0 fully saturated rings. The predicted octanol–water partition coefficient (Wildman–Crippen LogP) is 3.07. The summed E-state index contributed by atoms with van der Waals surface area (Å²) in [5, 5.41) is 20.8. The van der Waals surface area contributed by atoms with E-state index in [1.165, 1.54) is 18.2 Å². The molecule has 0 amide bonds. The summed E-state index contributed by atoms with van der Waals surface area (Å²) >= 11 is 0. The van der Waals surface area contributed by atoms with E-state index in [4.69, 9.17) is 9.15 Å². The number of furan rings is 1. The molecule has 2 atom stereocenters. The Morgan fingerprint density at radius 3 is 2.50 bits per heavy atom. The van der Waals surface area contributed by atoms with Crippen LogP contribution < -0.4 is 0 Å². The van der Waals surface area contributed by atoms with Crippen LogP contribution >= 0.6 is 0 Å². The lowest BCUT2D eigenvalue weighted by Gasteiger charge is -2.19. The monoisotopic (exact) mass is 333 g/mol. The number of carbonyl (C=O) groups excluding carboxylic acids is 1. The Morgan fingerprint density at radius 1 is 1.29 bits per heavy atom. The first-order chi connectivity index (χ1) is 11.4. The van der Waals surface area contributed by atoms with Crippen LogP contribution in [0.2, 0.25) is 0 Å². The number of hydrogen-bond acceptors (Lipinski definition) is 6. The van der Waals surface area contributed by atoms with Gasteiger partial charge >= 0.3 is 5.97 Å². The van der Waals surface area contributed by atoms with Gasteiger partial charge in [-0.2, -0.15) is 0 Å². The number of rotatable bonds is 7. The first-order valence-electron chi connectivity index (χ1n) is 7.60. The molecule has 0 spiro atoms. The molecule has 2 rings (SSSR count). The molecule has 0 aliphatic rings. The van der Waals surface area contributed by atoms with Gasteiger partial charge in [-0.1, -0.05) is 12.1 Å². The van der Waals surface area contributed by atoms with Gasteiger partial charge in [-0.15, -0.1) is 0 Å². The van der Waals surface area contributed by atoms with Crippen molar-refractivity contribution in [2.24, 2.45) is 0 Å². The molecule has 1 N–H and O–H groups in total. The third kappa shape index (κ3) is 4.20. The standard InChI is InChI=1S/C17H19NO6/c1-3-23-17(20)16-9-8-14(24-16)10-15(11(2)19)12-4-6-13(7-5-12)18(21)22/h4-9,11,15,19H,3,10H2,1-2H3/t11-,15-/m0/s1. The average molecular weight is 333 g/mol. The van der Waals surface area contributed by atoms with Crippen molar-refractivity contribution in [2.45, 2.75) is 32.3 Å². The van der Waals surface area contributed by atoms with Crippen molar-refractivity contribution in [1.82, 2.24) is 0 Å². The van der Waals surface area contributed by atoms with Gasteiger partial charge in [0.15, 0.2) is 0 Å². The highest BCUT2D eigenvalue weighted by atomic mass is 16.6. The predicted molar refractivity (Wildman–Crippen MR) is 85.9 cm³/mol. The fraction of sp³-hybridized carbons (Fsp3) is 0.353. The lowest BCUT2D eigenvalue weighted by Crippen LogP contribution is -2.17. The second kappa shape index (κ2) is 7.74. The van der Waals surface area contributed by atoms with E-state index in [0.717, 1.165) is 5.56 Å². The maximum Gasteiger partial charge on any atom is 0.374 e. The van der Waals surface area contributed by atoms with Crippen LogP contribution in [0, 0.1) is 10.1 Å². The summed E-state index contributed by atoms with van der Waals surface area (Å²) in [7, 11) is 0. The molecule has 1 aromatic heterocycles. The van der Waals surface area contributed by atoms with Crippen molar-refractivity contribution in [3.63, 3.8) is 0 Å². The Hall–Kier alpha value is -2.67. The zero-order chi connectivity index (χ0) is 17.7. The van der Waals surface area contributed by atoms with Crippen molar-refractivity contribution in [2.75, 3.05) is 6.61 Å². The van der Waals surface area contributed by atoms with Gasteiger partial charge in [-0.3, -0.25) is 10.1 Å². The largest absolute Gasteiger partial charge is 0.460 e. The van der Waals surface area contributed by atoms with Crippen molar-refractivity contribution in [3.05, 3.63) is 63.6 Å². The third-order valence-electron chi connectivity index (χ3n) is 3.67. The number of carbonyl (C=O) groups is 1. The summed E-state index contributed by atoms with van der Waals surface area (Å²) in [6, 6.07) is 9.22. The van der Waals surface area contributed by atoms with E-state index in [1.54, 1.807) is 32.0 Å². The molecular formula is C17H19NO6. The molecule has 0 unspecified atom stereocenters. The fourth-order valence-corrected chi connectivity index (χ4v) is 2.43. The number of hydrogen-bond donors (Lipinski definition) is 1. The van der Waals surface area contributed by atoms with Crippen molar-refractivity contribution in [1.29, 1.82) is 0 Å². The Bertz CT molecular complexity index is 704. The molecular weight excluding hydrogens is 314 g/mol. The quantitative estimate of drug-likeness (QED) is 0.474. The molecule has 0 radical (unpaired) electrons. The summed E-state index contributed by atoms with van der Waals surface area (Å²) in [5.74, 6) is -0.207. The lowest BCUT2D eigenvalue weighted by atomic mass is 9.90. The highest BCUT2D eigenvalue weighted by Crippen LogP contribution is 2.27. The van der Waals surface area contributed by atoms with Gasteiger partial charge in [0, 0.05) is 24.5 Å². The molecule has 0 saturated heterocycles. The number of nitro groups is 1. The second-order valence-electron chi connectivity index (χ2n) is 5.39. The van der Waals surface area contributed by atoms with E-state index in [1.807, 2.05) is 0 Å². The van der Waals surface area contributed by atoms with E-state index < -0.39 is 17.0 Å². The molecule has 2 aromatic rings. The molecule has 24 heavy (non-hydrogen) atoms. The summed E-state index contributed by atoms with van der Waals surface area (Å²) in [6.45, 7) is 3.61. The van der Waals surface area contributed by atoms with Gasteiger partial charge in [-0.25, -0.2) is 4.79 Å². The topological polar surface area (TPSA) is 103 Å². The minimum Gasteiger partial charge on any atom is -0.460 e. The Morgan fingerprint density at radius 2 is 1.96 bits per heavy atom. The molecule has 0 saturated carbocycles. The van der Waals surface area contributed by atoms with Crippen LogP contribution in [-0.2, 0) is 11.2 Å². The highest BCUT2D eigenvalue weighted by molar-refractivity contribution is 5.86. The number of benzene rings is 1. The molecule has 7 nitrogen and oxygen atoms in total. The molecule has 128 valence electrons. The summed E-state index contributed by atoms with van der Waals surface area (Å²) in [4.78, 5) is 21.9. The minimum atomic E-state index is -0.692. The molecule has 0 aliphatic carbocycles. The van der Waals surface area contributed by atoms with E-state index in [9.17, 15) is 20.0 Å². The van der Waals surface area contributed by atoms with Crippen LogP contribution in [0.4, 0.5) is 5.69 Å². The van der Waals surface area contributed by atoms with Crippen molar-refractivity contribution >= 4 is 11.7 Å². The van der Waals surface area contributed by atoms with Crippen molar-refractivity contribution in [3.8, 4) is 0 Å². The number of nitro benzene ring substituents is 1. The SMILES string of the molecule is CCOC(=O)c1ccc(C[C@H](c2ccc([N+](=O)[O-])cc2)[C@H](C)O)o1. The van der Waals surface area contributed by atoms with Crippen molar-refractivity contribution < 1.29 is 24.0 Å². The highest BCUT2D eigenvalue weighted by Gasteiger charge is 2.22. The van der Waals surface area contributed by atoms with Crippen LogP contribution in [0.15, 0.2) is 40.8 Å². The number of aliphatic hydroxyl groups excluding tert-OH is 1. The van der Waals surface area contributed by atoms with E-state index in [-0.39, 0.29) is 24.0 Å². The third-order valence-corrected chi connectivity index (χ3v) is 3.67. The maximum atomic E-state index is 11.6. The van der Waals surface area contributed by atoms with Crippen LogP contribution in [0.5, 0.6) is 0 Å². The van der Waals surface area contributed by atoms with Crippen LogP contribution in [0.3, 0.4) is 0 Å². The van der Waals surface area contributed by atoms with E-state index in [0.29, 0.717) is 12.2 Å². The zero-order valence-electron chi connectivity index (χ0n) is 13.5. The summed E-state index contributed by atoms with van der Waals surface area (Å²) in [5.41, 5.74) is 0.746. The number of aliphatic hydroxyl groups is 1. The molecule has 7 heteroatoms. The zero-order valence-corrected chi connectivity index (χ0v) is 13.5. The summed E-state index contributed by atoms with van der Waals surface area (Å²) in [6.07, 6.45) is -0.336. The Kier molecular flexibility index (Phi) is 5.70. The van der Waals surface area contributed by atoms with Gasteiger partial charge < -0.3 is 14.3 Å². The number of non-ortho nitro benzene ring substituents is 1. The molecule has 1 heterocycles. The molecule has 0 aliphatic heterocycles. The van der Waals surface area contributed by atoms with Gasteiger partial charge in [0.05, 0.1) is 17.6 Å². The number of esters is 1. The first-order valence-corrected chi connectivity index (χ1v) is 7.60. The van der Waals surface area contributed by atoms with Gasteiger partial charge in [0.25, 0.3) is 5.69 Å². The lowest BCUT2D eigenvalue weighted by molar-refractivity contribution is -0.384. The Balaban J connectivity index is 2.17. The number of nitrogens with zero attached hydrogens (tertiary/aromatic N) is 1. The molecule has 1 aromatic carbocycles. The van der Waals surface area contributed by atoms with Gasteiger partial charge in [0.2, 0.25) is 5.76 Å². The first kappa shape index (κ1) is 17.7. The van der Waals surface area contributed by atoms with Crippen LogP contribution in [0.25, 0.3) is 0 Å². The smallest absolute Gasteiger partial charge is 0.374 e.